The number of hydrogen-bond donors (Lipinski definition) is 0. The maximum atomic E-state index is 12.4. The number of aryl methyl sites for hydroxylation is 2. The first-order valence-electron chi connectivity index (χ1n) is 7.44. The third-order valence-corrected chi connectivity index (χ3v) is 4.79. The molecule has 1 amide bonds. The van der Waals surface area contributed by atoms with Crippen LogP contribution in [0.4, 0.5) is 0 Å². The first-order valence-corrected chi connectivity index (χ1v) is 8.26. The Bertz CT molecular complexity index is 661. The van der Waals surface area contributed by atoms with Crippen molar-refractivity contribution in [3.05, 3.63) is 39.6 Å². The van der Waals surface area contributed by atoms with Crippen molar-refractivity contribution in [1.29, 1.82) is 0 Å². The van der Waals surface area contributed by atoms with Crippen molar-refractivity contribution in [2.24, 2.45) is 0 Å². The topological polar surface area (TPSA) is 55.3 Å². The molecule has 2 aromatic rings. The summed E-state index contributed by atoms with van der Waals surface area (Å²) in [5.74, 6) is 0.821. The third kappa shape index (κ3) is 3.27. The molecule has 1 aliphatic heterocycles. The average molecular weight is 317 g/mol. The number of nitrogens with zero attached hydrogens (tertiary/aromatic N) is 3. The number of aromatic nitrogens is 2. The van der Waals surface area contributed by atoms with E-state index in [2.05, 4.69) is 9.97 Å². The van der Waals surface area contributed by atoms with Crippen LogP contribution >= 0.6 is 11.3 Å². The van der Waals surface area contributed by atoms with Crippen molar-refractivity contribution < 1.29 is 9.53 Å². The highest BCUT2D eigenvalue weighted by Gasteiger charge is 2.23. The molecule has 6 heteroatoms. The fourth-order valence-electron chi connectivity index (χ4n) is 2.46. The molecule has 116 valence electrons. The Kier molecular flexibility index (Phi) is 4.38. The lowest BCUT2D eigenvalue weighted by molar-refractivity contribution is 0.0796. The predicted molar refractivity (Wildman–Crippen MR) is 85.3 cm³/mol. The van der Waals surface area contributed by atoms with E-state index in [1.807, 2.05) is 30.9 Å². The molecule has 1 aliphatic rings. The van der Waals surface area contributed by atoms with Gasteiger partial charge in [0.25, 0.3) is 5.91 Å². The third-order valence-electron chi connectivity index (χ3n) is 3.67. The minimum atomic E-state index is 0.107. The number of carbonyl (C=O) groups is 1. The Morgan fingerprint density at radius 2 is 2.09 bits per heavy atom. The van der Waals surface area contributed by atoms with E-state index >= 15 is 0 Å². The van der Waals surface area contributed by atoms with E-state index in [9.17, 15) is 4.79 Å². The van der Waals surface area contributed by atoms with Crippen LogP contribution in [0.1, 0.15) is 38.9 Å². The van der Waals surface area contributed by atoms with Gasteiger partial charge < -0.3 is 9.64 Å². The van der Waals surface area contributed by atoms with Crippen LogP contribution in [0.25, 0.3) is 0 Å². The average Bonchev–Trinajstić information content (AvgIpc) is 3.16. The first kappa shape index (κ1) is 15.0. The zero-order chi connectivity index (χ0) is 15.5. The zero-order valence-electron chi connectivity index (χ0n) is 12.8. The quantitative estimate of drug-likeness (QED) is 0.870. The lowest BCUT2D eigenvalue weighted by Crippen LogP contribution is -2.27. The van der Waals surface area contributed by atoms with Crippen molar-refractivity contribution in [3.63, 3.8) is 0 Å². The van der Waals surface area contributed by atoms with Gasteiger partial charge in [-0.3, -0.25) is 9.78 Å². The Labute approximate surface area is 134 Å². The molecular weight excluding hydrogens is 298 g/mol. The molecule has 0 aliphatic carbocycles. The summed E-state index contributed by atoms with van der Waals surface area (Å²) in [6.45, 7) is 5.90. The number of hydrogen-bond acceptors (Lipinski definition) is 5. The van der Waals surface area contributed by atoms with Gasteiger partial charge in [-0.2, -0.15) is 0 Å². The minimum absolute atomic E-state index is 0.107. The fraction of sp³-hybridized carbons (Fsp3) is 0.438. The maximum Gasteiger partial charge on any atom is 0.265 e. The molecule has 0 atom stereocenters. The molecular formula is C16H19N3O2S. The number of ether oxygens (including phenoxy) is 1. The molecule has 3 rings (SSSR count). The fourth-order valence-corrected chi connectivity index (χ4v) is 3.41. The van der Waals surface area contributed by atoms with Gasteiger partial charge in [-0.05, 0) is 38.8 Å². The molecule has 5 nitrogen and oxygen atoms in total. The number of thiazole rings is 1. The van der Waals surface area contributed by atoms with E-state index in [1.54, 1.807) is 6.20 Å². The van der Waals surface area contributed by atoms with E-state index in [1.165, 1.54) is 11.3 Å². The second-order valence-corrected chi connectivity index (χ2v) is 6.53. The van der Waals surface area contributed by atoms with Gasteiger partial charge in [-0.25, -0.2) is 4.98 Å². The molecule has 2 aromatic heterocycles. The lowest BCUT2D eigenvalue weighted by Gasteiger charge is -2.13. The van der Waals surface area contributed by atoms with Crippen LogP contribution < -0.4 is 4.74 Å². The van der Waals surface area contributed by atoms with E-state index in [0.29, 0.717) is 12.4 Å². The van der Waals surface area contributed by atoms with Gasteiger partial charge in [0.05, 0.1) is 11.9 Å². The van der Waals surface area contributed by atoms with Crippen LogP contribution in [0.2, 0.25) is 0 Å². The number of rotatable bonds is 4. The van der Waals surface area contributed by atoms with Crippen LogP contribution in [-0.4, -0.2) is 33.9 Å². The summed E-state index contributed by atoms with van der Waals surface area (Å²) in [4.78, 5) is 23.7. The second kappa shape index (κ2) is 6.44. The summed E-state index contributed by atoms with van der Waals surface area (Å²) < 4.78 is 5.68. The van der Waals surface area contributed by atoms with Gasteiger partial charge in [0.15, 0.2) is 0 Å². The summed E-state index contributed by atoms with van der Waals surface area (Å²) in [5, 5.41) is 0.820. The summed E-state index contributed by atoms with van der Waals surface area (Å²) >= 11 is 1.43. The summed E-state index contributed by atoms with van der Waals surface area (Å²) in [7, 11) is 0. The van der Waals surface area contributed by atoms with Crippen molar-refractivity contribution in [2.45, 2.75) is 33.3 Å². The molecule has 0 bridgehead atoms. The summed E-state index contributed by atoms with van der Waals surface area (Å²) in [6.07, 6.45) is 3.89. The van der Waals surface area contributed by atoms with Crippen LogP contribution in [0.5, 0.6) is 5.75 Å². The Morgan fingerprint density at radius 1 is 1.32 bits per heavy atom. The monoisotopic (exact) mass is 317 g/mol. The normalized spacial score (nSPS) is 14.4. The Hall–Kier alpha value is -1.95. The first-order chi connectivity index (χ1) is 10.6. The largest absolute Gasteiger partial charge is 0.485 e. The molecule has 0 saturated carbocycles. The molecule has 1 saturated heterocycles. The van der Waals surface area contributed by atoms with Gasteiger partial charge in [-0.15, -0.1) is 11.3 Å². The number of amides is 1. The Morgan fingerprint density at radius 3 is 2.77 bits per heavy atom. The molecule has 0 spiro atoms. The highest BCUT2D eigenvalue weighted by atomic mass is 32.1. The smallest absolute Gasteiger partial charge is 0.265 e. The maximum absolute atomic E-state index is 12.4. The summed E-state index contributed by atoms with van der Waals surface area (Å²) in [5.41, 5.74) is 1.75. The number of pyridine rings is 1. The van der Waals surface area contributed by atoms with Crippen LogP contribution in [0.15, 0.2) is 18.3 Å². The summed E-state index contributed by atoms with van der Waals surface area (Å²) in [6, 6.07) is 3.80. The van der Waals surface area contributed by atoms with Gasteiger partial charge in [0.2, 0.25) is 0 Å². The van der Waals surface area contributed by atoms with Crippen molar-refractivity contribution in [1.82, 2.24) is 14.9 Å². The van der Waals surface area contributed by atoms with Crippen LogP contribution in [0, 0.1) is 13.8 Å². The van der Waals surface area contributed by atoms with Gasteiger partial charge in [0.1, 0.15) is 22.2 Å². The highest BCUT2D eigenvalue weighted by molar-refractivity contribution is 7.13. The van der Waals surface area contributed by atoms with Crippen LogP contribution in [-0.2, 0) is 6.61 Å². The van der Waals surface area contributed by atoms with Crippen molar-refractivity contribution in [2.75, 3.05) is 13.1 Å². The zero-order valence-corrected chi connectivity index (χ0v) is 13.7. The van der Waals surface area contributed by atoms with Crippen molar-refractivity contribution in [3.8, 4) is 5.75 Å². The predicted octanol–water partition coefficient (Wildman–Crippen LogP) is 2.97. The lowest BCUT2D eigenvalue weighted by atomic mass is 10.3. The SMILES string of the molecule is Cc1ccc(OCc2nc(C)c(C(=O)N3CCCC3)s2)cn1. The van der Waals surface area contributed by atoms with Crippen LogP contribution in [0.3, 0.4) is 0 Å². The Balaban J connectivity index is 1.66. The van der Waals surface area contributed by atoms with E-state index < -0.39 is 0 Å². The van der Waals surface area contributed by atoms with E-state index in [0.717, 1.165) is 47.2 Å². The number of likely N-dealkylation sites (tertiary alicyclic amines) is 1. The molecule has 22 heavy (non-hydrogen) atoms. The van der Waals surface area contributed by atoms with E-state index in [-0.39, 0.29) is 5.91 Å². The van der Waals surface area contributed by atoms with Gasteiger partial charge in [-0.1, -0.05) is 0 Å². The van der Waals surface area contributed by atoms with Crippen molar-refractivity contribution >= 4 is 17.2 Å². The standard InChI is InChI=1S/C16H19N3O2S/c1-11-5-6-13(9-17-11)21-10-14-18-12(2)15(22-14)16(20)19-7-3-4-8-19/h5-6,9H,3-4,7-8,10H2,1-2H3. The molecule has 0 radical (unpaired) electrons. The molecule has 0 unspecified atom stereocenters. The molecule has 0 N–H and O–H groups in total. The molecule has 0 aromatic carbocycles. The molecule has 1 fully saturated rings. The minimum Gasteiger partial charge on any atom is -0.485 e. The molecule has 3 heterocycles. The van der Waals surface area contributed by atoms with E-state index in [4.69, 9.17) is 4.74 Å². The second-order valence-electron chi connectivity index (χ2n) is 5.45. The number of carbonyl (C=O) groups excluding carboxylic acids is 1. The highest BCUT2D eigenvalue weighted by Crippen LogP contribution is 2.23. The van der Waals surface area contributed by atoms with Gasteiger partial charge >= 0.3 is 0 Å². The van der Waals surface area contributed by atoms with Gasteiger partial charge in [0, 0.05) is 18.8 Å².